The fourth-order valence-corrected chi connectivity index (χ4v) is 2.66. The zero-order valence-electron chi connectivity index (χ0n) is 11.0. The normalized spacial score (nSPS) is 17.3. The number of carboxylic acids is 1. The number of hydrogen-bond acceptors (Lipinski definition) is 3. The van der Waals surface area contributed by atoms with Gasteiger partial charge in [0.2, 0.25) is 0 Å². The lowest BCUT2D eigenvalue weighted by Gasteiger charge is -2.25. The summed E-state index contributed by atoms with van der Waals surface area (Å²) in [4.78, 5) is 15.0. The Bertz CT molecular complexity index is 640. The van der Waals surface area contributed by atoms with Gasteiger partial charge in [0.05, 0.1) is 0 Å². The highest BCUT2D eigenvalue weighted by molar-refractivity contribution is 5.85. The SMILES string of the molecule is O=C(O)c1cccc(NC2CCc3ccccc3C2)n1. The third-order valence-corrected chi connectivity index (χ3v) is 3.67. The van der Waals surface area contributed by atoms with E-state index in [0.717, 1.165) is 19.3 Å². The molecule has 102 valence electrons. The van der Waals surface area contributed by atoms with Crippen LogP contribution < -0.4 is 5.32 Å². The summed E-state index contributed by atoms with van der Waals surface area (Å²) in [5.41, 5.74) is 2.86. The van der Waals surface area contributed by atoms with Gasteiger partial charge in [-0.15, -0.1) is 0 Å². The fraction of sp³-hybridized carbons (Fsp3) is 0.250. The smallest absolute Gasteiger partial charge is 0.354 e. The first-order chi connectivity index (χ1) is 9.72. The monoisotopic (exact) mass is 268 g/mol. The molecule has 0 saturated carbocycles. The number of pyridine rings is 1. The summed E-state index contributed by atoms with van der Waals surface area (Å²) < 4.78 is 0. The Morgan fingerprint density at radius 2 is 1.95 bits per heavy atom. The number of anilines is 1. The van der Waals surface area contributed by atoms with Crippen molar-refractivity contribution in [3.63, 3.8) is 0 Å². The van der Waals surface area contributed by atoms with Gasteiger partial charge in [-0.1, -0.05) is 30.3 Å². The van der Waals surface area contributed by atoms with E-state index >= 15 is 0 Å². The molecule has 0 saturated heterocycles. The number of nitrogens with one attached hydrogen (secondary N) is 1. The van der Waals surface area contributed by atoms with Crippen LogP contribution in [0.25, 0.3) is 0 Å². The molecule has 1 aromatic carbocycles. The van der Waals surface area contributed by atoms with E-state index in [0.29, 0.717) is 11.9 Å². The van der Waals surface area contributed by atoms with Crippen LogP contribution >= 0.6 is 0 Å². The first-order valence-corrected chi connectivity index (χ1v) is 6.76. The first kappa shape index (κ1) is 12.7. The molecular weight excluding hydrogens is 252 g/mol. The van der Waals surface area contributed by atoms with E-state index in [2.05, 4.69) is 34.6 Å². The van der Waals surface area contributed by atoms with Crippen LogP contribution in [0.4, 0.5) is 5.82 Å². The molecule has 1 aliphatic carbocycles. The molecule has 20 heavy (non-hydrogen) atoms. The predicted octanol–water partition coefficient (Wildman–Crippen LogP) is 2.75. The summed E-state index contributed by atoms with van der Waals surface area (Å²) >= 11 is 0. The minimum Gasteiger partial charge on any atom is -0.477 e. The average molecular weight is 268 g/mol. The van der Waals surface area contributed by atoms with E-state index in [1.165, 1.54) is 17.2 Å². The van der Waals surface area contributed by atoms with Gasteiger partial charge in [-0.25, -0.2) is 9.78 Å². The number of aromatic carboxylic acids is 1. The Labute approximate surface area is 117 Å². The van der Waals surface area contributed by atoms with Gasteiger partial charge in [0.1, 0.15) is 5.82 Å². The van der Waals surface area contributed by atoms with Crippen LogP contribution in [0, 0.1) is 0 Å². The van der Waals surface area contributed by atoms with E-state index in [4.69, 9.17) is 5.11 Å². The number of carbonyl (C=O) groups is 1. The topological polar surface area (TPSA) is 62.2 Å². The lowest BCUT2D eigenvalue weighted by molar-refractivity contribution is 0.0690. The van der Waals surface area contributed by atoms with Crippen molar-refractivity contribution in [1.29, 1.82) is 0 Å². The first-order valence-electron chi connectivity index (χ1n) is 6.76. The molecule has 0 fully saturated rings. The summed E-state index contributed by atoms with van der Waals surface area (Å²) in [6.45, 7) is 0. The van der Waals surface area contributed by atoms with E-state index in [1.807, 2.05) is 6.07 Å². The zero-order valence-corrected chi connectivity index (χ0v) is 11.0. The molecule has 0 amide bonds. The molecule has 2 aromatic rings. The number of fused-ring (bicyclic) bond motifs is 1. The van der Waals surface area contributed by atoms with Crippen LogP contribution in [0.15, 0.2) is 42.5 Å². The highest BCUT2D eigenvalue weighted by atomic mass is 16.4. The second-order valence-electron chi connectivity index (χ2n) is 5.07. The van der Waals surface area contributed by atoms with Crippen molar-refractivity contribution >= 4 is 11.8 Å². The van der Waals surface area contributed by atoms with Crippen LogP contribution in [0.2, 0.25) is 0 Å². The van der Waals surface area contributed by atoms with Crippen molar-refractivity contribution in [2.45, 2.75) is 25.3 Å². The summed E-state index contributed by atoms with van der Waals surface area (Å²) in [6.07, 6.45) is 3.04. The maximum absolute atomic E-state index is 10.9. The molecule has 1 atom stereocenters. The summed E-state index contributed by atoms with van der Waals surface area (Å²) in [5.74, 6) is -0.364. The molecule has 1 aromatic heterocycles. The number of benzene rings is 1. The Morgan fingerprint density at radius 1 is 1.15 bits per heavy atom. The van der Waals surface area contributed by atoms with Crippen molar-refractivity contribution in [1.82, 2.24) is 4.98 Å². The van der Waals surface area contributed by atoms with E-state index in [9.17, 15) is 4.79 Å². The molecule has 1 unspecified atom stereocenters. The average Bonchev–Trinajstić information content (AvgIpc) is 2.47. The van der Waals surface area contributed by atoms with Crippen molar-refractivity contribution in [3.05, 3.63) is 59.3 Å². The largest absolute Gasteiger partial charge is 0.477 e. The minimum atomic E-state index is -0.998. The zero-order chi connectivity index (χ0) is 13.9. The Balaban J connectivity index is 1.73. The number of nitrogens with zero attached hydrogens (tertiary/aromatic N) is 1. The van der Waals surface area contributed by atoms with E-state index < -0.39 is 5.97 Å². The fourth-order valence-electron chi connectivity index (χ4n) is 2.66. The molecule has 0 spiro atoms. The van der Waals surface area contributed by atoms with Gasteiger partial charge < -0.3 is 10.4 Å². The van der Waals surface area contributed by atoms with Crippen LogP contribution in [0.1, 0.15) is 28.0 Å². The molecule has 0 radical (unpaired) electrons. The lowest BCUT2D eigenvalue weighted by atomic mass is 9.88. The molecule has 1 aliphatic rings. The van der Waals surface area contributed by atoms with Gasteiger partial charge in [0, 0.05) is 6.04 Å². The van der Waals surface area contributed by atoms with Crippen LogP contribution in [-0.2, 0) is 12.8 Å². The lowest BCUT2D eigenvalue weighted by Crippen LogP contribution is -2.27. The highest BCUT2D eigenvalue weighted by Crippen LogP contribution is 2.23. The van der Waals surface area contributed by atoms with Gasteiger partial charge >= 0.3 is 5.97 Å². The van der Waals surface area contributed by atoms with Gasteiger partial charge in [0.25, 0.3) is 0 Å². The standard InChI is InChI=1S/C16H16N2O2/c19-16(20)14-6-3-7-15(18-14)17-13-9-8-11-4-1-2-5-12(11)10-13/h1-7,13H,8-10H2,(H,17,18)(H,19,20). The number of rotatable bonds is 3. The molecule has 1 heterocycles. The number of carboxylic acid groups (broad SMARTS) is 1. The summed E-state index contributed by atoms with van der Waals surface area (Å²) in [6, 6.07) is 13.8. The predicted molar refractivity (Wildman–Crippen MR) is 77.1 cm³/mol. The van der Waals surface area contributed by atoms with E-state index in [1.54, 1.807) is 6.07 Å². The van der Waals surface area contributed by atoms with Crippen molar-refractivity contribution in [2.24, 2.45) is 0 Å². The summed E-state index contributed by atoms with van der Waals surface area (Å²) in [5, 5.41) is 12.3. The van der Waals surface area contributed by atoms with E-state index in [-0.39, 0.29) is 5.69 Å². The number of aromatic nitrogens is 1. The van der Waals surface area contributed by atoms with Crippen LogP contribution in [0.3, 0.4) is 0 Å². The van der Waals surface area contributed by atoms with Crippen LogP contribution in [-0.4, -0.2) is 22.1 Å². The highest BCUT2D eigenvalue weighted by Gasteiger charge is 2.18. The molecule has 0 aliphatic heterocycles. The third kappa shape index (κ3) is 2.64. The van der Waals surface area contributed by atoms with Gasteiger partial charge in [-0.2, -0.15) is 0 Å². The second-order valence-corrected chi connectivity index (χ2v) is 5.07. The third-order valence-electron chi connectivity index (χ3n) is 3.67. The molecule has 4 nitrogen and oxygen atoms in total. The second kappa shape index (κ2) is 5.33. The van der Waals surface area contributed by atoms with Gasteiger partial charge in [0.15, 0.2) is 5.69 Å². The summed E-state index contributed by atoms with van der Waals surface area (Å²) in [7, 11) is 0. The number of hydrogen-bond donors (Lipinski definition) is 2. The molecule has 2 N–H and O–H groups in total. The van der Waals surface area contributed by atoms with Gasteiger partial charge in [-0.3, -0.25) is 0 Å². The molecular formula is C16H16N2O2. The Hall–Kier alpha value is -2.36. The maximum atomic E-state index is 10.9. The van der Waals surface area contributed by atoms with Crippen LogP contribution in [0.5, 0.6) is 0 Å². The Morgan fingerprint density at radius 3 is 2.75 bits per heavy atom. The quantitative estimate of drug-likeness (QED) is 0.898. The number of aryl methyl sites for hydroxylation is 1. The van der Waals surface area contributed by atoms with Crippen molar-refractivity contribution < 1.29 is 9.90 Å². The molecule has 4 heteroatoms. The van der Waals surface area contributed by atoms with Crippen molar-refractivity contribution in [2.75, 3.05) is 5.32 Å². The Kier molecular flexibility index (Phi) is 3.37. The molecule has 0 bridgehead atoms. The van der Waals surface area contributed by atoms with Gasteiger partial charge in [-0.05, 0) is 42.5 Å². The maximum Gasteiger partial charge on any atom is 0.354 e. The van der Waals surface area contributed by atoms with Crippen molar-refractivity contribution in [3.8, 4) is 0 Å². The molecule has 3 rings (SSSR count). The minimum absolute atomic E-state index is 0.0752.